The molecule has 0 saturated heterocycles. The van der Waals surface area contributed by atoms with Crippen LogP contribution in [0.15, 0.2) is 36.4 Å². The summed E-state index contributed by atoms with van der Waals surface area (Å²) in [5.41, 5.74) is 2.99. The summed E-state index contributed by atoms with van der Waals surface area (Å²) in [4.78, 5) is 24.0. The number of benzene rings is 2. The third-order valence-corrected chi connectivity index (χ3v) is 3.83. The molecule has 4 nitrogen and oxygen atoms in total. The summed E-state index contributed by atoms with van der Waals surface area (Å²) in [6.07, 6.45) is -0.309. The van der Waals surface area contributed by atoms with E-state index in [4.69, 9.17) is 23.2 Å². The molecule has 0 heterocycles. The first kappa shape index (κ1) is 17.3. The van der Waals surface area contributed by atoms with Crippen LogP contribution in [0.3, 0.4) is 0 Å². The number of halogens is 2. The zero-order valence-corrected chi connectivity index (χ0v) is 14.3. The largest absolute Gasteiger partial charge is 0.325 e. The Labute approximate surface area is 144 Å². The molecule has 120 valence electrons. The minimum atomic E-state index is -0.460. The van der Waals surface area contributed by atoms with Crippen LogP contribution in [0.1, 0.15) is 17.5 Å². The summed E-state index contributed by atoms with van der Waals surface area (Å²) in [6.45, 7) is 3.79. The molecule has 0 spiro atoms. The Morgan fingerprint density at radius 3 is 2.22 bits per heavy atom. The smallest absolute Gasteiger partial charge is 0.233 e. The van der Waals surface area contributed by atoms with Gasteiger partial charge in [-0.2, -0.15) is 0 Å². The van der Waals surface area contributed by atoms with Crippen LogP contribution in [0.2, 0.25) is 10.0 Å². The van der Waals surface area contributed by atoms with E-state index >= 15 is 0 Å². The minimum Gasteiger partial charge on any atom is -0.325 e. The number of aryl methyl sites for hydroxylation is 2. The Balaban J connectivity index is 2.00. The Kier molecular flexibility index (Phi) is 5.64. The number of carbonyl (C=O) groups is 2. The highest BCUT2D eigenvalue weighted by atomic mass is 35.5. The Morgan fingerprint density at radius 2 is 1.57 bits per heavy atom. The number of para-hydroxylation sites is 1. The van der Waals surface area contributed by atoms with Gasteiger partial charge in [-0.05, 0) is 43.2 Å². The number of amides is 2. The highest BCUT2D eigenvalue weighted by molar-refractivity contribution is 6.35. The molecule has 0 aliphatic carbocycles. The number of rotatable bonds is 4. The number of hydrogen-bond donors (Lipinski definition) is 2. The van der Waals surface area contributed by atoms with Crippen molar-refractivity contribution in [2.75, 3.05) is 10.6 Å². The van der Waals surface area contributed by atoms with Gasteiger partial charge in [-0.15, -0.1) is 0 Å². The van der Waals surface area contributed by atoms with Gasteiger partial charge in [0, 0.05) is 10.7 Å². The zero-order chi connectivity index (χ0) is 17.0. The summed E-state index contributed by atoms with van der Waals surface area (Å²) < 4.78 is 0. The van der Waals surface area contributed by atoms with E-state index in [0.717, 1.165) is 16.8 Å². The second-order valence-corrected chi connectivity index (χ2v) is 6.01. The van der Waals surface area contributed by atoms with Gasteiger partial charge in [-0.1, -0.05) is 41.4 Å². The van der Waals surface area contributed by atoms with Crippen LogP contribution >= 0.6 is 23.2 Å². The van der Waals surface area contributed by atoms with Crippen molar-refractivity contribution in [2.45, 2.75) is 20.3 Å². The van der Waals surface area contributed by atoms with Crippen LogP contribution < -0.4 is 10.6 Å². The first-order chi connectivity index (χ1) is 10.9. The van der Waals surface area contributed by atoms with E-state index < -0.39 is 11.8 Å². The number of carbonyl (C=O) groups excluding carboxylic acids is 2. The van der Waals surface area contributed by atoms with E-state index in [1.165, 1.54) is 6.07 Å². The maximum Gasteiger partial charge on any atom is 0.233 e. The van der Waals surface area contributed by atoms with Gasteiger partial charge < -0.3 is 10.6 Å². The lowest BCUT2D eigenvalue weighted by molar-refractivity contribution is -0.123. The van der Waals surface area contributed by atoms with Crippen LogP contribution in [0.5, 0.6) is 0 Å². The zero-order valence-electron chi connectivity index (χ0n) is 12.7. The second-order valence-electron chi connectivity index (χ2n) is 5.16. The third kappa shape index (κ3) is 4.71. The average Bonchev–Trinajstić information content (AvgIpc) is 2.47. The van der Waals surface area contributed by atoms with Gasteiger partial charge >= 0.3 is 0 Å². The topological polar surface area (TPSA) is 58.2 Å². The molecule has 0 aliphatic heterocycles. The van der Waals surface area contributed by atoms with Gasteiger partial charge in [-0.3, -0.25) is 9.59 Å². The predicted molar refractivity (Wildman–Crippen MR) is 94.3 cm³/mol. The maximum atomic E-state index is 12.0. The van der Waals surface area contributed by atoms with E-state index in [2.05, 4.69) is 10.6 Å². The number of anilines is 2. The van der Waals surface area contributed by atoms with Crippen LogP contribution in [-0.4, -0.2) is 11.8 Å². The van der Waals surface area contributed by atoms with Gasteiger partial charge in [-0.25, -0.2) is 0 Å². The number of hydrogen-bond acceptors (Lipinski definition) is 2. The summed E-state index contributed by atoms with van der Waals surface area (Å²) >= 11 is 11.8. The van der Waals surface area contributed by atoms with Crippen molar-refractivity contribution in [1.82, 2.24) is 0 Å². The van der Waals surface area contributed by atoms with Gasteiger partial charge in [0.2, 0.25) is 11.8 Å². The molecule has 23 heavy (non-hydrogen) atoms. The molecular formula is C17H16Cl2N2O2. The van der Waals surface area contributed by atoms with E-state index in [9.17, 15) is 9.59 Å². The number of nitrogens with one attached hydrogen (secondary N) is 2. The molecule has 2 N–H and O–H groups in total. The standard InChI is InChI=1S/C17H16Cl2N2O2/c1-10-4-3-5-11(2)17(10)21-16(23)9-15(22)20-14-8-12(18)6-7-13(14)19/h3-8H,9H2,1-2H3,(H,20,22)(H,21,23). The molecule has 6 heteroatoms. The maximum absolute atomic E-state index is 12.0. The van der Waals surface area contributed by atoms with Crippen molar-refractivity contribution in [3.63, 3.8) is 0 Å². The monoisotopic (exact) mass is 350 g/mol. The van der Waals surface area contributed by atoms with E-state index in [-0.39, 0.29) is 6.42 Å². The molecule has 0 bridgehead atoms. The molecule has 2 aromatic rings. The van der Waals surface area contributed by atoms with Crippen LogP contribution in [-0.2, 0) is 9.59 Å². The van der Waals surface area contributed by atoms with E-state index in [0.29, 0.717) is 15.7 Å². The van der Waals surface area contributed by atoms with Gasteiger partial charge in [0.25, 0.3) is 0 Å². The summed E-state index contributed by atoms with van der Waals surface area (Å²) in [7, 11) is 0. The van der Waals surface area contributed by atoms with Crippen molar-refractivity contribution in [3.05, 3.63) is 57.6 Å². The Bertz CT molecular complexity index is 740. The second kappa shape index (κ2) is 7.49. The molecule has 2 aromatic carbocycles. The van der Waals surface area contributed by atoms with Gasteiger partial charge in [0.1, 0.15) is 6.42 Å². The fourth-order valence-corrected chi connectivity index (χ4v) is 2.47. The minimum absolute atomic E-state index is 0.309. The Morgan fingerprint density at radius 1 is 0.957 bits per heavy atom. The van der Waals surface area contributed by atoms with E-state index in [1.807, 2.05) is 32.0 Å². The van der Waals surface area contributed by atoms with Crippen LogP contribution in [0.25, 0.3) is 0 Å². The van der Waals surface area contributed by atoms with Crippen molar-refractivity contribution in [1.29, 1.82) is 0 Å². The highest BCUT2D eigenvalue weighted by Gasteiger charge is 2.13. The van der Waals surface area contributed by atoms with E-state index in [1.54, 1.807) is 12.1 Å². The van der Waals surface area contributed by atoms with Crippen LogP contribution in [0.4, 0.5) is 11.4 Å². The van der Waals surface area contributed by atoms with Gasteiger partial charge in [0.15, 0.2) is 0 Å². The predicted octanol–water partition coefficient (Wildman–Crippen LogP) is 4.58. The quantitative estimate of drug-likeness (QED) is 0.793. The molecule has 0 aromatic heterocycles. The summed E-state index contributed by atoms with van der Waals surface area (Å²) in [6, 6.07) is 10.4. The van der Waals surface area contributed by atoms with Crippen molar-refractivity contribution >= 4 is 46.4 Å². The molecule has 2 amide bonds. The van der Waals surface area contributed by atoms with Crippen molar-refractivity contribution < 1.29 is 9.59 Å². The fourth-order valence-electron chi connectivity index (χ4n) is 2.13. The molecule has 2 rings (SSSR count). The molecule has 0 fully saturated rings. The first-order valence-electron chi connectivity index (χ1n) is 6.98. The SMILES string of the molecule is Cc1cccc(C)c1NC(=O)CC(=O)Nc1cc(Cl)ccc1Cl. The summed E-state index contributed by atoms with van der Waals surface area (Å²) in [5.74, 6) is -0.851. The highest BCUT2D eigenvalue weighted by Crippen LogP contribution is 2.25. The van der Waals surface area contributed by atoms with Crippen molar-refractivity contribution in [3.8, 4) is 0 Å². The third-order valence-electron chi connectivity index (χ3n) is 3.27. The summed E-state index contributed by atoms with van der Waals surface area (Å²) in [5, 5.41) is 6.15. The lowest BCUT2D eigenvalue weighted by Gasteiger charge is -2.12. The molecule has 0 radical (unpaired) electrons. The molecule has 0 aliphatic rings. The molecule has 0 atom stereocenters. The van der Waals surface area contributed by atoms with Crippen LogP contribution in [0, 0.1) is 13.8 Å². The average molecular weight is 351 g/mol. The normalized spacial score (nSPS) is 10.3. The lowest BCUT2D eigenvalue weighted by Crippen LogP contribution is -2.22. The van der Waals surface area contributed by atoms with Crippen molar-refractivity contribution in [2.24, 2.45) is 0 Å². The molecule has 0 saturated carbocycles. The molecular weight excluding hydrogens is 335 g/mol. The molecule has 0 unspecified atom stereocenters. The van der Waals surface area contributed by atoms with Gasteiger partial charge in [0.05, 0.1) is 10.7 Å². The Hall–Kier alpha value is -2.04. The first-order valence-corrected chi connectivity index (χ1v) is 7.73. The fraction of sp³-hybridized carbons (Fsp3) is 0.176. The lowest BCUT2D eigenvalue weighted by atomic mass is 10.1.